The maximum Gasteiger partial charge on any atom is 0.227 e. The van der Waals surface area contributed by atoms with Gasteiger partial charge < -0.3 is 16.0 Å². The van der Waals surface area contributed by atoms with Crippen LogP contribution in [0.3, 0.4) is 0 Å². The molecule has 4 rings (SSSR count). The Morgan fingerprint density at radius 2 is 1.83 bits per heavy atom. The van der Waals surface area contributed by atoms with Crippen molar-refractivity contribution >= 4 is 28.6 Å². The van der Waals surface area contributed by atoms with Crippen LogP contribution in [0.5, 0.6) is 0 Å². The smallest absolute Gasteiger partial charge is 0.227 e. The minimum atomic E-state index is 0.540. The molecule has 2 aromatic carbocycles. The lowest BCUT2D eigenvalue weighted by atomic mass is 9.86. The first-order valence-electron chi connectivity index (χ1n) is 9.82. The number of rotatable bonds is 4. The number of allylic oxidation sites excluding steroid dienone is 1. The van der Waals surface area contributed by atoms with Gasteiger partial charge in [0.15, 0.2) is 0 Å². The highest BCUT2D eigenvalue weighted by atomic mass is 15.1. The molecule has 0 unspecified atom stereocenters. The number of nitrogens with one attached hydrogen (secondary N) is 3. The molecule has 0 spiro atoms. The van der Waals surface area contributed by atoms with Gasteiger partial charge in [0.05, 0.1) is 11.4 Å². The quantitative estimate of drug-likeness (QED) is 0.600. The van der Waals surface area contributed by atoms with Gasteiger partial charge in [-0.2, -0.15) is 0 Å². The van der Waals surface area contributed by atoms with Crippen LogP contribution in [-0.2, 0) is 6.42 Å². The standard InChI is InChI=1S/C24H25N5/c1-15-9-11-19(16(2)13-15)23(26-3)21-20(25)12-10-17-14-27-24(29-22(17)21)28-18-7-5-4-6-8-18/h4-9,11,13-14,25-26H,10,12H2,1-3H3,(H,27,28,29)/b23-21+,25-20?. The number of hydrogen-bond acceptors (Lipinski definition) is 5. The molecule has 0 amide bonds. The Labute approximate surface area is 171 Å². The van der Waals surface area contributed by atoms with Crippen molar-refractivity contribution in [1.29, 1.82) is 5.41 Å². The molecule has 0 saturated carbocycles. The van der Waals surface area contributed by atoms with Crippen LogP contribution < -0.4 is 10.6 Å². The van der Waals surface area contributed by atoms with Gasteiger partial charge >= 0.3 is 0 Å². The zero-order chi connectivity index (χ0) is 20.4. The molecule has 0 saturated heterocycles. The van der Waals surface area contributed by atoms with Crippen molar-refractivity contribution in [3.05, 3.63) is 82.7 Å². The van der Waals surface area contributed by atoms with Crippen molar-refractivity contribution in [2.24, 2.45) is 0 Å². The fourth-order valence-electron chi connectivity index (χ4n) is 3.80. The number of aromatic nitrogens is 2. The Morgan fingerprint density at radius 3 is 2.55 bits per heavy atom. The van der Waals surface area contributed by atoms with E-state index in [1.54, 1.807) is 0 Å². The van der Waals surface area contributed by atoms with E-state index in [2.05, 4.69) is 47.7 Å². The third-order valence-corrected chi connectivity index (χ3v) is 5.23. The fourth-order valence-corrected chi connectivity index (χ4v) is 3.80. The van der Waals surface area contributed by atoms with Gasteiger partial charge in [-0.05, 0) is 49.9 Å². The normalized spacial score (nSPS) is 14.9. The number of nitrogens with zero attached hydrogens (tertiary/aromatic N) is 2. The Bertz CT molecular complexity index is 1100. The maximum atomic E-state index is 8.69. The Morgan fingerprint density at radius 1 is 1.03 bits per heavy atom. The van der Waals surface area contributed by atoms with Gasteiger partial charge in [0.2, 0.25) is 5.95 Å². The molecule has 29 heavy (non-hydrogen) atoms. The van der Waals surface area contributed by atoms with E-state index in [1.165, 1.54) is 11.1 Å². The Hall–Kier alpha value is -3.47. The van der Waals surface area contributed by atoms with Crippen molar-refractivity contribution in [1.82, 2.24) is 15.3 Å². The van der Waals surface area contributed by atoms with Gasteiger partial charge in [-0.25, -0.2) is 9.97 Å². The molecule has 3 N–H and O–H groups in total. The minimum Gasteiger partial charge on any atom is -0.387 e. The Kier molecular flexibility index (Phi) is 5.12. The molecule has 1 heterocycles. The van der Waals surface area contributed by atoms with Gasteiger partial charge in [-0.15, -0.1) is 0 Å². The van der Waals surface area contributed by atoms with Crippen LogP contribution in [0.15, 0.2) is 54.7 Å². The van der Waals surface area contributed by atoms with Crippen LogP contribution in [-0.4, -0.2) is 22.7 Å². The minimum absolute atomic E-state index is 0.540. The van der Waals surface area contributed by atoms with Crippen molar-refractivity contribution in [3.8, 4) is 0 Å². The van der Waals surface area contributed by atoms with Gasteiger partial charge in [-0.3, -0.25) is 0 Å². The average molecular weight is 383 g/mol. The third-order valence-electron chi connectivity index (χ3n) is 5.23. The van der Waals surface area contributed by atoms with Gasteiger partial charge in [0, 0.05) is 35.8 Å². The molecule has 0 aliphatic heterocycles. The lowest BCUT2D eigenvalue weighted by molar-refractivity contribution is 0.954. The molecule has 0 bridgehead atoms. The van der Waals surface area contributed by atoms with Crippen LogP contribution in [0.4, 0.5) is 11.6 Å². The molecule has 0 fully saturated rings. The largest absolute Gasteiger partial charge is 0.387 e. The number of aryl methyl sites for hydroxylation is 3. The molecule has 146 valence electrons. The first-order chi connectivity index (χ1) is 14.1. The first kappa shape index (κ1) is 18.9. The highest BCUT2D eigenvalue weighted by molar-refractivity contribution is 6.29. The van der Waals surface area contributed by atoms with E-state index in [0.29, 0.717) is 18.1 Å². The van der Waals surface area contributed by atoms with E-state index in [-0.39, 0.29) is 0 Å². The zero-order valence-electron chi connectivity index (χ0n) is 17.0. The summed E-state index contributed by atoms with van der Waals surface area (Å²) in [4.78, 5) is 9.32. The van der Waals surface area contributed by atoms with Gasteiger partial charge in [0.1, 0.15) is 0 Å². The lowest BCUT2D eigenvalue weighted by Crippen LogP contribution is -2.20. The summed E-state index contributed by atoms with van der Waals surface area (Å²) in [6, 6.07) is 16.3. The number of anilines is 2. The second-order valence-electron chi connectivity index (χ2n) is 7.36. The molecule has 0 atom stereocenters. The molecule has 1 aliphatic rings. The second-order valence-corrected chi connectivity index (χ2v) is 7.36. The van der Waals surface area contributed by atoms with Crippen molar-refractivity contribution in [3.63, 3.8) is 0 Å². The summed E-state index contributed by atoms with van der Waals surface area (Å²) in [5.74, 6) is 0.540. The van der Waals surface area contributed by atoms with E-state index in [4.69, 9.17) is 10.4 Å². The van der Waals surface area contributed by atoms with Crippen LogP contribution in [0.2, 0.25) is 0 Å². The summed E-state index contributed by atoms with van der Waals surface area (Å²) >= 11 is 0. The number of hydrogen-bond donors (Lipinski definition) is 3. The fraction of sp³-hybridized carbons (Fsp3) is 0.208. The predicted octanol–water partition coefficient (Wildman–Crippen LogP) is 4.89. The molecule has 1 aromatic heterocycles. The molecule has 3 aromatic rings. The third kappa shape index (κ3) is 3.76. The predicted molar refractivity (Wildman–Crippen MR) is 120 cm³/mol. The summed E-state index contributed by atoms with van der Waals surface area (Å²) in [6.45, 7) is 4.20. The van der Waals surface area contributed by atoms with Crippen LogP contribution in [0, 0.1) is 19.3 Å². The van der Waals surface area contributed by atoms with Gasteiger partial charge in [-0.1, -0.05) is 42.0 Å². The lowest BCUT2D eigenvalue weighted by Gasteiger charge is -2.24. The molecular formula is C24H25N5. The van der Waals surface area contributed by atoms with E-state index in [9.17, 15) is 0 Å². The molecule has 5 heteroatoms. The summed E-state index contributed by atoms with van der Waals surface area (Å²) in [5.41, 5.74) is 8.75. The van der Waals surface area contributed by atoms with Crippen molar-refractivity contribution in [2.45, 2.75) is 26.7 Å². The topological polar surface area (TPSA) is 73.7 Å². The van der Waals surface area contributed by atoms with Gasteiger partial charge in [0.25, 0.3) is 0 Å². The molecular weight excluding hydrogens is 358 g/mol. The number of para-hydroxylation sites is 1. The average Bonchev–Trinajstić information content (AvgIpc) is 2.72. The summed E-state index contributed by atoms with van der Waals surface area (Å²) in [5, 5.41) is 15.3. The highest BCUT2D eigenvalue weighted by Crippen LogP contribution is 2.34. The summed E-state index contributed by atoms with van der Waals surface area (Å²) < 4.78 is 0. The number of benzene rings is 2. The van der Waals surface area contributed by atoms with Crippen LogP contribution in [0.25, 0.3) is 11.3 Å². The van der Waals surface area contributed by atoms with Crippen molar-refractivity contribution < 1.29 is 0 Å². The van der Waals surface area contributed by atoms with Crippen LogP contribution in [0.1, 0.15) is 34.4 Å². The zero-order valence-corrected chi connectivity index (χ0v) is 17.0. The highest BCUT2D eigenvalue weighted by Gasteiger charge is 2.25. The second kappa shape index (κ2) is 7.87. The Balaban J connectivity index is 1.85. The molecule has 5 nitrogen and oxygen atoms in total. The monoisotopic (exact) mass is 383 g/mol. The van der Waals surface area contributed by atoms with E-state index < -0.39 is 0 Å². The SMILES string of the molecule is CN/C(=C1\C(=N)CCc2cnc(Nc3ccccc3)nc21)c1ccc(C)cc1C. The van der Waals surface area contributed by atoms with Crippen LogP contribution >= 0.6 is 0 Å². The maximum absolute atomic E-state index is 8.69. The molecule has 0 radical (unpaired) electrons. The summed E-state index contributed by atoms with van der Waals surface area (Å²) in [7, 11) is 1.91. The van der Waals surface area contributed by atoms with E-state index in [1.807, 2.05) is 43.6 Å². The van der Waals surface area contributed by atoms with Crippen molar-refractivity contribution in [2.75, 3.05) is 12.4 Å². The number of fused-ring (bicyclic) bond motifs is 1. The van der Waals surface area contributed by atoms with E-state index >= 15 is 0 Å². The first-order valence-corrected chi connectivity index (χ1v) is 9.82. The molecule has 1 aliphatic carbocycles. The van der Waals surface area contributed by atoms with E-state index in [0.717, 1.165) is 40.2 Å². The summed E-state index contributed by atoms with van der Waals surface area (Å²) in [6.07, 6.45) is 3.36.